The van der Waals surface area contributed by atoms with Gasteiger partial charge in [-0.05, 0) is 25.0 Å². The second kappa shape index (κ2) is 9.73. The minimum absolute atomic E-state index is 0.0572. The Bertz CT molecular complexity index is 984. The maximum Gasteiger partial charge on any atom is 0.266 e. The van der Waals surface area contributed by atoms with E-state index < -0.39 is 31.5 Å². The predicted octanol–water partition coefficient (Wildman–Crippen LogP) is 3.57. The molecule has 3 rings (SSSR count). The number of β-amino-alcohol motifs (C(OH)–C–C–N with tert-alkyl or cyclic N) is 1. The molecule has 0 aliphatic carbocycles. The molecule has 30 heavy (non-hydrogen) atoms. The molecule has 2 aromatic rings. The van der Waals surface area contributed by atoms with Gasteiger partial charge in [0.25, 0.3) is 10.0 Å². The van der Waals surface area contributed by atoms with Crippen molar-refractivity contribution in [2.45, 2.75) is 42.6 Å². The van der Waals surface area contributed by atoms with Crippen molar-refractivity contribution in [1.82, 2.24) is 10.3 Å². The lowest BCUT2D eigenvalue weighted by Gasteiger charge is -2.37. The molecule has 0 saturated carbocycles. The topological polar surface area (TPSA) is 103 Å². The highest BCUT2D eigenvalue weighted by Crippen LogP contribution is 2.30. The number of hydrogen-bond donors (Lipinski definition) is 4. The van der Waals surface area contributed by atoms with E-state index in [-0.39, 0.29) is 10.2 Å². The number of unbranched alkanes of at least 4 members (excludes halogenated alkanes) is 3. The maximum atomic E-state index is 14.4. The van der Waals surface area contributed by atoms with Crippen molar-refractivity contribution in [2.24, 2.45) is 0 Å². The molecule has 1 fully saturated rings. The molecule has 1 aromatic carbocycles. The lowest BCUT2D eigenvalue weighted by molar-refractivity contribution is -0.0191. The molecule has 4 N–H and O–H groups in total. The smallest absolute Gasteiger partial charge is 0.266 e. The highest BCUT2D eigenvalue weighted by Gasteiger charge is 2.33. The Morgan fingerprint density at radius 2 is 1.97 bits per heavy atom. The Hall–Kier alpha value is -1.53. The number of nitrogens with one attached hydrogen (secondary N) is 3. The first-order chi connectivity index (χ1) is 14.2. The van der Waals surface area contributed by atoms with Crippen molar-refractivity contribution in [3.05, 3.63) is 34.3 Å². The van der Waals surface area contributed by atoms with Gasteiger partial charge in [-0.1, -0.05) is 42.2 Å². The highest BCUT2D eigenvalue weighted by molar-refractivity contribution is 7.93. The lowest BCUT2D eigenvalue weighted by atomic mass is 9.90. The van der Waals surface area contributed by atoms with E-state index in [9.17, 15) is 22.3 Å². The van der Waals surface area contributed by atoms with Crippen LogP contribution in [0.25, 0.3) is 0 Å². The summed E-state index contributed by atoms with van der Waals surface area (Å²) in [7, 11) is -4.30. The van der Waals surface area contributed by atoms with Crippen LogP contribution in [0.2, 0.25) is 5.02 Å². The number of rotatable bonds is 11. The van der Waals surface area contributed by atoms with Crippen LogP contribution >= 0.6 is 22.9 Å². The molecule has 0 unspecified atom stereocenters. The molecule has 1 aliphatic rings. The van der Waals surface area contributed by atoms with E-state index in [1.54, 1.807) is 0 Å². The average molecular weight is 481 g/mol. The third-order valence-corrected chi connectivity index (χ3v) is 7.30. The summed E-state index contributed by atoms with van der Waals surface area (Å²) in [6, 6.07) is 2.04. The number of nitrogens with zero attached hydrogens (tertiary/aromatic N) is 1. The number of benzene rings is 1. The van der Waals surface area contributed by atoms with Crippen molar-refractivity contribution in [2.75, 3.05) is 29.7 Å². The Kier molecular flexibility index (Phi) is 7.51. The van der Waals surface area contributed by atoms with E-state index in [4.69, 9.17) is 11.6 Å². The molecule has 2 heterocycles. The van der Waals surface area contributed by atoms with Gasteiger partial charge in [-0.3, -0.25) is 4.72 Å². The number of aliphatic hydroxyl groups is 1. The van der Waals surface area contributed by atoms with Crippen molar-refractivity contribution in [1.29, 1.82) is 0 Å². The summed E-state index contributed by atoms with van der Waals surface area (Å²) in [6.45, 7) is 1.86. The molecule has 12 heteroatoms. The quantitative estimate of drug-likeness (QED) is 0.367. The molecule has 0 spiro atoms. The Morgan fingerprint density at radius 3 is 2.60 bits per heavy atom. The minimum atomic E-state index is -4.30. The van der Waals surface area contributed by atoms with Gasteiger partial charge in [0.2, 0.25) is 0 Å². The van der Waals surface area contributed by atoms with Gasteiger partial charge in [0.05, 0.1) is 22.5 Å². The predicted molar refractivity (Wildman–Crippen MR) is 114 cm³/mol. The van der Waals surface area contributed by atoms with E-state index in [1.165, 1.54) is 0 Å². The summed E-state index contributed by atoms with van der Waals surface area (Å²) >= 11 is 6.62. The van der Waals surface area contributed by atoms with Crippen LogP contribution in [0, 0.1) is 10.9 Å². The van der Waals surface area contributed by atoms with E-state index in [0.29, 0.717) is 36.7 Å². The van der Waals surface area contributed by atoms with Crippen LogP contribution in [0.1, 0.15) is 32.1 Å². The summed E-state index contributed by atoms with van der Waals surface area (Å²) in [4.78, 5) is 2.92. The fourth-order valence-electron chi connectivity index (χ4n) is 3.09. The van der Waals surface area contributed by atoms with Crippen molar-refractivity contribution in [3.63, 3.8) is 0 Å². The first kappa shape index (κ1) is 23.1. The van der Waals surface area contributed by atoms with E-state index in [2.05, 4.69) is 15.6 Å². The largest absolute Gasteiger partial charge is 0.387 e. The first-order valence-corrected chi connectivity index (χ1v) is 12.2. The molecular weight excluding hydrogens is 458 g/mol. The molecule has 0 atom stereocenters. The van der Waals surface area contributed by atoms with Gasteiger partial charge in [0, 0.05) is 19.6 Å². The summed E-state index contributed by atoms with van der Waals surface area (Å²) in [5.41, 5.74) is -0.253. The lowest BCUT2D eigenvalue weighted by Crippen LogP contribution is -2.59. The van der Waals surface area contributed by atoms with E-state index >= 15 is 0 Å². The summed E-state index contributed by atoms with van der Waals surface area (Å²) in [5, 5.41) is 15.2. The molecule has 166 valence electrons. The van der Waals surface area contributed by atoms with Crippen LogP contribution in [0.5, 0.6) is 0 Å². The Labute approximate surface area is 182 Å². The molecule has 1 aromatic heterocycles. The third-order valence-electron chi connectivity index (χ3n) is 4.80. The number of thiazole rings is 1. The van der Waals surface area contributed by atoms with Gasteiger partial charge in [-0.2, -0.15) is 4.39 Å². The normalized spacial score (nSPS) is 15.6. The van der Waals surface area contributed by atoms with Crippen LogP contribution in [-0.4, -0.2) is 43.7 Å². The third kappa shape index (κ3) is 6.01. The zero-order valence-corrected chi connectivity index (χ0v) is 18.4. The maximum absolute atomic E-state index is 14.4. The van der Waals surface area contributed by atoms with Gasteiger partial charge in [0.1, 0.15) is 10.7 Å². The van der Waals surface area contributed by atoms with Gasteiger partial charge < -0.3 is 15.7 Å². The van der Waals surface area contributed by atoms with Crippen molar-refractivity contribution < 1.29 is 22.3 Å². The second-order valence-electron chi connectivity index (χ2n) is 7.26. The average Bonchev–Trinajstić information content (AvgIpc) is 3.05. The zero-order chi connectivity index (χ0) is 21.8. The fourth-order valence-corrected chi connectivity index (χ4v) is 5.26. The second-order valence-corrected chi connectivity index (χ2v) is 10.3. The summed E-state index contributed by atoms with van der Waals surface area (Å²) < 4.78 is 54.1. The first-order valence-electron chi connectivity index (χ1n) is 9.49. The standard InChI is InChI=1S/C18H23ClF2N4O3S2/c19-12-7-15(30(27,28)25-17-24-9-16(21)29-17)13(20)8-14(12)23-6-4-2-1-3-5-18(26)10-22-11-18/h7-9,22-23,26H,1-6,10-11H2,(H,24,25). The van der Waals surface area contributed by atoms with Crippen molar-refractivity contribution >= 4 is 43.8 Å². The molecular formula is C18H23ClF2N4O3S2. The molecule has 1 aliphatic heterocycles. The van der Waals surface area contributed by atoms with Crippen LogP contribution in [0.3, 0.4) is 0 Å². The highest BCUT2D eigenvalue weighted by atomic mass is 35.5. The van der Waals surface area contributed by atoms with Gasteiger partial charge in [-0.25, -0.2) is 17.8 Å². The van der Waals surface area contributed by atoms with E-state index in [0.717, 1.165) is 50.4 Å². The van der Waals surface area contributed by atoms with Crippen LogP contribution < -0.4 is 15.4 Å². The fraction of sp³-hybridized carbons (Fsp3) is 0.500. The monoisotopic (exact) mass is 480 g/mol. The Balaban J connectivity index is 1.49. The van der Waals surface area contributed by atoms with Crippen LogP contribution in [-0.2, 0) is 10.0 Å². The SMILES string of the molecule is O=S(=O)(Nc1ncc(F)s1)c1cc(Cl)c(NCCCCCCC2(O)CNC2)cc1F. The van der Waals surface area contributed by atoms with Gasteiger partial charge in [-0.15, -0.1) is 0 Å². The summed E-state index contributed by atoms with van der Waals surface area (Å²) in [6.07, 6.45) is 5.33. The number of sulfonamides is 1. The zero-order valence-electron chi connectivity index (χ0n) is 16.1. The van der Waals surface area contributed by atoms with Gasteiger partial charge in [0.15, 0.2) is 10.3 Å². The number of anilines is 2. The van der Waals surface area contributed by atoms with Crippen LogP contribution in [0.15, 0.2) is 23.2 Å². The molecule has 0 amide bonds. The van der Waals surface area contributed by atoms with Crippen molar-refractivity contribution in [3.8, 4) is 0 Å². The summed E-state index contributed by atoms with van der Waals surface area (Å²) in [5.74, 6) is -0.978. The molecule has 7 nitrogen and oxygen atoms in total. The number of aromatic nitrogens is 1. The molecule has 1 saturated heterocycles. The minimum Gasteiger partial charge on any atom is -0.387 e. The Morgan fingerprint density at radius 1 is 1.23 bits per heavy atom. The van der Waals surface area contributed by atoms with Crippen LogP contribution in [0.4, 0.5) is 19.6 Å². The molecule has 0 bridgehead atoms. The van der Waals surface area contributed by atoms with Gasteiger partial charge >= 0.3 is 0 Å². The number of halogens is 3. The van der Waals surface area contributed by atoms with E-state index in [1.807, 2.05) is 4.72 Å². The molecule has 0 radical (unpaired) electrons. The number of hydrogen-bond acceptors (Lipinski definition) is 7.